The number of rotatable bonds is 6. The number of fused-ring (bicyclic) bond motifs is 1. The lowest BCUT2D eigenvalue weighted by Gasteiger charge is -2.13. The third kappa shape index (κ3) is 4.14. The molecule has 0 atom stereocenters. The van der Waals surface area contributed by atoms with E-state index in [9.17, 15) is 13.6 Å². The number of hydrogen-bond acceptors (Lipinski definition) is 4. The molecule has 4 nitrogen and oxygen atoms in total. The van der Waals surface area contributed by atoms with Crippen molar-refractivity contribution >= 4 is 45.7 Å². The fourth-order valence-corrected chi connectivity index (χ4v) is 3.54. The summed E-state index contributed by atoms with van der Waals surface area (Å²) in [6, 6.07) is 7.16. The standard InChI is InChI=1S/C22H17F2IO4/c1-27-18-4-2-3-13(21(18)28-11-12-5-6-12)7-8-17-19(25)20(26)15-9-14(23)10-16(24)22(15)29-17/h2-4,7-10,12H,5-6,11H2,1H3. The second-order valence-electron chi connectivity index (χ2n) is 6.84. The van der Waals surface area contributed by atoms with E-state index >= 15 is 0 Å². The molecule has 1 heterocycles. The Balaban J connectivity index is 1.75. The zero-order valence-corrected chi connectivity index (χ0v) is 17.7. The molecule has 1 saturated carbocycles. The Bertz CT molecular complexity index is 1170. The fourth-order valence-electron chi connectivity index (χ4n) is 2.96. The average Bonchev–Trinajstić information content (AvgIpc) is 3.53. The second kappa shape index (κ2) is 8.14. The van der Waals surface area contributed by atoms with E-state index in [0.717, 1.165) is 24.5 Å². The largest absolute Gasteiger partial charge is 0.493 e. The monoisotopic (exact) mass is 510 g/mol. The Morgan fingerprint density at radius 1 is 1.24 bits per heavy atom. The van der Waals surface area contributed by atoms with Crippen LogP contribution in [-0.2, 0) is 0 Å². The number of methoxy groups -OCH3 is 1. The van der Waals surface area contributed by atoms with Gasteiger partial charge >= 0.3 is 0 Å². The van der Waals surface area contributed by atoms with Crippen molar-refractivity contribution in [3.05, 3.63) is 67.1 Å². The lowest BCUT2D eigenvalue weighted by atomic mass is 10.1. The minimum atomic E-state index is -0.919. The molecule has 0 bridgehead atoms. The molecular formula is C22H17F2IO4. The van der Waals surface area contributed by atoms with E-state index in [2.05, 4.69) is 0 Å². The van der Waals surface area contributed by atoms with E-state index in [1.807, 2.05) is 40.8 Å². The molecule has 0 saturated heterocycles. The second-order valence-corrected chi connectivity index (χ2v) is 7.92. The van der Waals surface area contributed by atoms with Gasteiger partial charge in [-0.25, -0.2) is 8.78 Å². The van der Waals surface area contributed by atoms with E-state index in [1.165, 1.54) is 0 Å². The van der Waals surface area contributed by atoms with Gasteiger partial charge in [0.25, 0.3) is 0 Å². The molecule has 0 radical (unpaired) electrons. The number of hydrogen-bond donors (Lipinski definition) is 0. The number of para-hydroxylation sites is 1. The van der Waals surface area contributed by atoms with Crippen molar-refractivity contribution in [2.45, 2.75) is 12.8 Å². The summed E-state index contributed by atoms with van der Waals surface area (Å²) in [5.41, 5.74) is -0.0174. The van der Waals surface area contributed by atoms with E-state index in [0.29, 0.717) is 30.1 Å². The molecule has 150 valence electrons. The summed E-state index contributed by atoms with van der Waals surface area (Å²) in [6.45, 7) is 0.612. The normalized spacial score (nSPS) is 13.9. The van der Waals surface area contributed by atoms with E-state index in [-0.39, 0.29) is 20.3 Å². The maximum absolute atomic E-state index is 14.1. The predicted molar refractivity (Wildman–Crippen MR) is 115 cm³/mol. The molecule has 3 aromatic rings. The van der Waals surface area contributed by atoms with E-state index < -0.39 is 17.1 Å². The van der Waals surface area contributed by atoms with Gasteiger partial charge in [0, 0.05) is 11.6 Å². The van der Waals surface area contributed by atoms with Crippen LogP contribution >= 0.6 is 22.6 Å². The van der Waals surface area contributed by atoms with Crippen molar-refractivity contribution in [2.75, 3.05) is 13.7 Å². The smallest absolute Gasteiger partial charge is 0.206 e. The first kappa shape index (κ1) is 19.9. The van der Waals surface area contributed by atoms with Gasteiger partial charge in [-0.2, -0.15) is 0 Å². The highest BCUT2D eigenvalue weighted by Crippen LogP contribution is 2.36. The molecule has 0 amide bonds. The zero-order valence-electron chi connectivity index (χ0n) is 15.5. The molecule has 29 heavy (non-hydrogen) atoms. The highest BCUT2D eigenvalue weighted by atomic mass is 127. The minimum absolute atomic E-state index is 0.126. The van der Waals surface area contributed by atoms with Crippen LogP contribution in [0.2, 0.25) is 0 Å². The Kier molecular flexibility index (Phi) is 5.58. The van der Waals surface area contributed by atoms with Crippen molar-refractivity contribution in [3.8, 4) is 11.5 Å². The van der Waals surface area contributed by atoms with Crippen molar-refractivity contribution in [2.24, 2.45) is 5.92 Å². The molecule has 7 heteroatoms. The molecular weight excluding hydrogens is 493 g/mol. The molecule has 2 aromatic carbocycles. The van der Waals surface area contributed by atoms with Gasteiger partial charge < -0.3 is 13.9 Å². The molecule has 1 aliphatic rings. The van der Waals surface area contributed by atoms with Gasteiger partial charge in [0.05, 0.1) is 19.1 Å². The van der Waals surface area contributed by atoms with Gasteiger partial charge in [0.1, 0.15) is 15.1 Å². The van der Waals surface area contributed by atoms with Crippen LogP contribution in [0.1, 0.15) is 24.2 Å². The van der Waals surface area contributed by atoms with Crippen LogP contribution in [-0.4, -0.2) is 13.7 Å². The van der Waals surface area contributed by atoms with Gasteiger partial charge in [-0.3, -0.25) is 4.79 Å². The molecule has 1 aliphatic carbocycles. The molecule has 0 N–H and O–H groups in total. The SMILES string of the molecule is COc1cccc(C=Cc2oc3c(F)cc(F)cc3c(=O)c2I)c1OCC1CC1. The van der Waals surface area contributed by atoms with Gasteiger partial charge in [-0.05, 0) is 65.6 Å². The Morgan fingerprint density at radius 2 is 2.03 bits per heavy atom. The first-order valence-electron chi connectivity index (χ1n) is 9.07. The van der Waals surface area contributed by atoms with Gasteiger partial charge in [-0.1, -0.05) is 12.1 Å². The minimum Gasteiger partial charge on any atom is -0.493 e. The third-order valence-corrected chi connectivity index (χ3v) is 5.71. The van der Waals surface area contributed by atoms with Gasteiger partial charge in [0.15, 0.2) is 22.9 Å². The third-order valence-electron chi connectivity index (χ3n) is 4.68. The molecule has 1 aromatic heterocycles. The Hall–Kier alpha value is -2.42. The summed E-state index contributed by atoms with van der Waals surface area (Å²) in [7, 11) is 1.57. The summed E-state index contributed by atoms with van der Waals surface area (Å²) >= 11 is 1.82. The highest BCUT2D eigenvalue weighted by Gasteiger charge is 2.23. The van der Waals surface area contributed by atoms with E-state index in [4.69, 9.17) is 13.9 Å². The van der Waals surface area contributed by atoms with Crippen molar-refractivity contribution in [1.82, 2.24) is 0 Å². The van der Waals surface area contributed by atoms with Crippen molar-refractivity contribution in [1.29, 1.82) is 0 Å². The first-order valence-corrected chi connectivity index (χ1v) is 10.1. The number of benzene rings is 2. The molecule has 0 aliphatic heterocycles. The Morgan fingerprint density at radius 3 is 2.76 bits per heavy atom. The van der Waals surface area contributed by atoms with Crippen LogP contribution in [0.3, 0.4) is 0 Å². The molecule has 0 spiro atoms. The average molecular weight is 510 g/mol. The van der Waals surface area contributed by atoms with Crippen LogP contribution in [0.25, 0.3) is 23.1 Å². The predicted octanol–water partition coefficient (Wildman–Crippen LogP) is 5.64. The first-order chi connectivity index (χ1) is 14.0. The van der Waals surface area contributed by atoms with E-state index in [1.54, 1.807) is 19.3 Å². The lowest BCUT2D eigenvalue weighted by molar-refractivity contribution is 0.280. The van der Waals surface area contributed by atoms with Crippen molar-refractivity contribution in [3.63, 3.8) is 0 Å². The number of ether oxygens (including phenoxy) is 2. The summed E-state index contributed by atoms with van der Waals surface area (Å²) in [4.78, 5) is 12.5. The van der Waals surface area contributed by atoms with Crippen LogP contribution in [0.4, 0.5) is 8.78 Å². The van der Waals surface area contributed by atoms with Crippen LogP contribution in [0.5, 0.6) is 11.5 Å². The van der Waals surface area contributed by atoms with Crippen molar-refractivity contribution < 1.29 is 22.7 Å². The summed E-state index contributed by atoms with van der Waals surface area (Å²) in [6.07, 6.45) is 5.61. The van der Waals surface area contributed by atoms with Gasteiger partial charge in [-0.15, -0.1) is 0 Å². The van der Waals surface area contributed by atoms with Crippen LogP contribution in [0.15, 0.2) is 39.5 Å². The fraction of sp³-hybridized carbons (Fsp3) is 0.227. The van der Waals surface area contributed by atoms with Gasteiger partial charge in [0.2, 0.25) is 5.43 Å². The topological polar surface area (TPSA) is 48.7 Å². The van der Waals surface area contributed by atoms with Crippen LogP contribution in [0, 0.1) is 21.1 Å². The summed E-state index contributed by atoms with van der Waals surface area (Å²) in [5, 5.41) is -0.126. The Labute approximate surface area is 179 Å². The summed E-state index contributed by atoms with van der Waals surface area (Å²) in [5.74, 6) is 0.214. The molecule has 0 unspecified atom stereocenters. The highest BCUT2D eigenvalue weighted by molar-refractivity contribution is 14.1. The lowest BCUT2D eigenvalue weighted by Crippen LogP contribution is -2.08. The number of halogens is 3. The summed E-state index contributed by atoms with van der Waals surface area (Å²) < 4.78 is 44.7. The molecule has 4 rings (SSSR count). The maximum Gasteiger partial charge on any atom is 0.206 e. The molecule has 1 fully saturated rings. The quantitative estimate of drug-likeness (QED) is 0.403. The maximum atomic E-state index is 14.1. The van der Waals surface area contributed by atoms with Crippen LogP contribution < -0.4 is 14.9 Å². The zero-order chi connectivity index (χ0) is 20.5.